The first-order chi connectivity index (χ1) is 11.4. The van der Waals surface area contributed by atoms with Gasteiger partial charge in [-0.15, -0.1) is 0 Å². The summed E-state index contributed by atoms with van der Waals surface area (Å²) in [4.78, 5) is 5.68. The monoisotopic (exact) mass is 307 g/mol. The second kappa shape index (κ2) is 6.48. The van der Waals surface area contributed by atoms with Gasteiger partial charge in [0.2, 0.25) is 0 Å². The smallest absolute Gasteiger partial charge is 0.0936 e. The normalized spacial score (nSPS) is 16.5. The lowest BCUT2D eigenvalue weighted by Crippen LogP contribution is -2.28. The van der Waals surface area contributed by atoms with Crippen molar-refractivity contribution in [2.45, 2.75) is 13.0 Å². The number of aromatic amines is 1. The summed E-state index contributed by atoms with van der Waals surface area (Å²) in [6.45, 7) is 5.25. The first-order valence-corrected chi connectivity index (χ1v) is 8.22. The van der Waals surface area contributed by atoms with Crippen molar-refractivity contribution in [3.8, 4) is 11.3 Å². The Kier molecular flexibility index (Phi) is 4.05. The Labute approximate surface area is 135 Å². The van der Waals surface area contributed by atoms with E-state index in [9.17, 15) is 0 Å². The van der Waals surface area contributed by atoms with Crippen LogP contribution in [0.25, 0.3) is 22.2 Å². The number of hydrogen-bond acceptors (Lipinski definition) is 4. The molecule has 0 amide bonds. The van der Waals surface area contributed by atoms with Crippen LogP contribution in [0.5, 0.6) is 0 Å². The molecule has 23 heavy (non-hydrogen) atoms. The Morgan fingerprint density at radius 1 is 1.00 bits per heavy atom. The Bertz CT molecular complexity index is 769. The van der Waals surface area contributed by atoms with Gasteiger partial charge in [0.25, 0.3) is 0 Å². The van der Waals surface area contributed by atoms with Gasteiger partial charge in [-0.25, -0.2) is 0 Å². The largest absolute Gasteiger partial charge is 0.361 e. The van der Waals surface area contributed by atoms with Crippen molar-refractivity contribution >= 4 is 10.9 Å². The molecule has 4 rings (SSSR count). The fraction of sp³-hybridized carbons (Fsp3) is 0.333. The second-order valence-electron chi connectivity index (χ2n) is 6.03. The minimum absolute atomic E-state index is 0.878. The zero-order chi connectivity index (χ0) is 15.5. The molecule has 2 N–H and O–H groups in total. The van der Waals surface area contributed by atoms with Gasteiger partial charge in [0.05, 0.1) is 11.4 Å². The lowest BCUT2D eigenvalue weighted by molar-refractivity contribution is 0.280. The van der Waals surface area contributed by atoms with E-state index in [2.05, 4.69) is 55.7 Å². The van der Waals surface area contributed by atoms with Crippen molar-refractivity contribution in [1.29, 1.82) is 0 Å². The third-order valence-corrected chi connectivity index (χ3v) is 4.41. The van der Waals surface area contributed by atoms with Crippen LogP contribution in [-0.2, 0) is 6.54 Å². The summed E-state index contributed by atoms with van der Waals surface area (Å²) in [5, 5.41) is 13.5. The fourth-order valence-electron chi connectivity index (χ4n) is 3.19. The molecule has 1 aliphatic heterocycles. The average molecular weight is 307 g/mol. The maximum Gasteiger partial charge on any atom is 0.0936 e. The van der Waals surface area contributed by atoms with Gasteiger partial charge in [-0.3, -0.25) is 4.90 Å². The van der Waals surface area contributed by atoms with E-state index in [1.54, 1.807) is 0 Å². The quantitative estimate of drug-likeness (QED) is 0.780. The zero-order valence-electron chi connectivity index (χ0n) is 13.1. The highest BCUT2D eigenvalue weighted by Gasteiger charge is 2.11. The van der Waals surface area contributed by atoms with E-state index in [4.69, 9.17) is 0 Å². The summed E-state index contributed by atoms with van der Waals surface area (Å²) in [5.41, 5.74) is 4.22. The summed E-state index contributed by atoms with van der Waals surface area (Å²) in [5.74, 6) is 0. The molecule has 0 atom stereocenters. The summed E-state index contributed by atoms with van der Waals surface area (Å²) >= 11 is 0. The van der Waals surface area contributed by atoms with Gasteiger partial charge in [0.15, 0.2) is 0 Å². The van der Waals surface area contributed by atoms with Crippen LogP contribution in [0.2, 0.25) is 0 Å². The molecule has 0 unspecified atom stereocenters. The first kappa shape index (κ1) is 14.4. The molecule has 1 aliphatic rings. The van der Waals surface area contributed by atoms with Crippen LogP contribution >= 0.6 is 0 Å². The summed E-state index contributed by atoms with van der Waals surface area (Å²) < 4.78 is 0. The zero-order valence-corrected chi connectivity index (χ0v) is 13.1. The van der Waals surface area contributed by atoms with Crippen molar-refractivity contribution in [1.82, 2.24) is 25.4 Å². The number of rotatable bonds is 3. The number of nitrogens with one attached hydrogen (secondary N) is 2. The first-order valence-electron chi connectivity index (χ1n) is 8.22. The molecule has 0 saturated carbocycles. The Balaban J connectivity index is 1.54. The number of hydrogen-bond donors (Lipinski definition) is 2. The maximum absolute atomic E-state index is 4.46. The summed E-state index contributed by atoms with van der Waals surface area (Å²) in [6, 6.07) is 12.5. The highest BCUT2D eigenvalue weighted by Crippen LogP contribution is 2.26. The van der Waals surface area contributed by atoms with Crippen LogP contribution in [0, 0.1) is 0 Å². The highest BCUT2D eigenvalue weighted by atomic mass is 15.2. The van der Waals surface area contributed by atoms with Crippen molar-refractivity contribution in [2.24, 2.45) is 0 Å². The molecule has 0 bridgehead atoms. The predicted octanol–water partition coefficient (Wildman–Crippen LogP) is 2.42. The number of benzene rings is 1. The topological polar surface area (TPSA) is 56.8 Å². The van der Waals surface area contributed by atoms with Gasteiger partial charge in [-0.1, -0.05) is 12.1 Å². The average Bonchev–Trinajstić information content (AvgIpc) is 2.93. The van der Waals surface area contributed by atoms with Crippen LogP contribution < -0.4 is 5.32 Å². The van der Waals surface area contributed by atoms with Crippen LogP contribution in [0.3, 0.4) is 0 Å². The predicted molar refractivity (Wildman–Crippen MR) is 92.1 cm³/mol. The molecule has 5 nitrogen and oxygen atoms in total. The molecule has 118 valence electrons. The number of nitrogens with zero attached hydrogens (tertiary/aromatic N) is 3. The van der Waals surface area contributed by atoms with Crippen molar-refractivity contribution < 1.29 is 0 Å². The van der Waals surface area contributed by atoms with Gasteiger partial charge >= 0.3 is 0 Å². The van der Waals surface area contributed by atoms with Gasteiger partial charge in [-0.2, -0.15) is 10.2 Å². The Hall–Kier alpha value is -2.24. The van der Waals surface area contributed by atoms with E-state index in [0.29, 0.717) is 0 Å². The SMILES string of the molecule is c1cc(-c2ccc(CN3CCCNCC3)nn2)c2cc[nH]c2c1. The standard InChI is InChI=1S/C18H21N5/c1-3-15(16-7-9-20-17(16)4-1)18-6-5-14(21-22-18)13-23-11-2-8-19-10-12-23/h1,3-7,9,19-20H,2,8,10-13H2. The number of fused-ring (bicyclic) bond motifs is 1. The molecule has 2 aromatic heterocycles. The number of aromatic nitrogens is 3. The molecule has 0 spiro atoms. The molecule has 1 saturated heterocycles. The van der Waals surface area contributed by atoms with Gasteiger partial charge in [0, 0.05) is 42.3 Å². The van der Waals surface area contributed by atoms with E-state index in [0.717, 1.165) is 55.2 Å². The summed E-state index contributed by atoms with van der Waals surface area (Å²) in [7, 11) is 0. The lowest BCUT2D eigenvalue weighted by atomic mass is 10.1. The van der Waals surface area contributed by atoms with Crippen molar-refractivity contribution in [3.63, 3.8) is 0 Å². The molecule has 0 aliphatic carbocycles. The Morgan fingerprint density at radius 3 is 2.91 bits per heavy atom. The van der Waals surface area contributed by atoms with Gasteiger partial charge in [0.1, 0.15) is 0 Å². The minimum atomic E-state index is 0.878. The molecule has 3 aromatic rings. The molecule has 1 fully saturated rings. The molecule has 5 heteroatoms. The molecular weight excluding hydrogens is 286 g/mol. The van der Waals surface area contributed by atoms with Crippen LogP contribution in [0.4, 0.5) is 0 Å². The number of H-pyrrole nitrogens is 1. The van der Waals surface area contributed by atoms with E-state index >= 15 is 0 Å². The third-order valence-electron chi connectivity index (χ3n) is 4.41. The van der Waals surface area contributed by atoms with E-state index in [1.807, 2.05) is 12.3 Å². The van der Waals surface area contributed by atoms with E-state index in [1.165, 1.54) is 11.8 Å². The van der Waals surface area contributed by atoms with Gasteiger partial charge in [-0.05, 0) is 43.8 Å². The van der Waals surface area contributed by atoms with Gasteiger partial charge < -0.3 is 10.3 Å². The summed E-state index contributed by atoms with van der Waals surface area (Å²) in [6.07, 6.45) is 3.16. The third kappa shape index (κ3) is 3.11. The highest BCUT2D eigenvalue weighted by molar-refractivity contribution is 5.93. The van der Waals surface area contributed by atoms with E-state index < -0.39 is 0 Å². The Morgan fingerprint density at radius 2 is 2.00 bits per heavy atom. The fourth-order valence-corrected chi connectivity index (χ4v) is 3.19. The lowest BCUT2D eigenvalue weighted by Gasteiger charge is -2.18. The molecule has 0 radical (unpaired) electrons. The molecular formula is C18H21N5. The minimum Gasteiger partial charge on any atom is -0.361 e. The van der Waals surface area contributed by atoms with E-state index in [-0.39, 0.29) is 0 Å². The molecule has 3 heterocycles. The van der Waals surface area contributed by atoms with Crippen LogP contribution in [-0.4, -0.2) is 46.3 Å². The van der Waals surface area contributed by atoms with Crippen molar-refractivity contribution in [3.05, 3.63) is 48.3 Å². The van der Waals surface area contributed by atoms with Crippen LogP contribution in [0.15, 0.2) is 42.6 Å². The maximum atomic E-state index is 4.46. The second-order valence-corrected chi connectivity index (χ2v) is 6.03. The van der Waals surface area contributed by atoms with Crippen molar-refractivity contribution in [2.75, 3.05) is 26.2 Å². The molecule has 1 aromatic carbocycles. The van der Waals surface area contributed by atoms with Crippen LogP contribution in [0.1, 0.15) is 12.1 Å².